The molecule has 2 saturated heterocycles. The van der Waals surface area contributed by atoms with Crippen LogP contribution in [-0.2, 0) is 14.3 Å². The minimum Gasteiger partial charge on any atom is -0.449 e. The molecule has 2 aliphatic rings. The van der Waals surface area contributed by atoms with Crippen LogP contribution < -0.4 is 16.4 Å². The van der Waals surface area contributed by atoms with Gasteiger partial charge >= 0.3 is 12.0 Å². The highest BCUT2D eigenvalue weighted by molar-refractivity contribution is 8.00. The zero-order chi connectivity index (χ0) is 20.8. The predicted molar refractivity (Wildman–Crippen MR) is 98.1 cm³/mol. The Labute approximate surface area is 166 Å². The van der Waals surface area contributed by atoms with E-state index in [2.05, 4.69) is 10.6 Å². The van der Waals surface area contributed by atoms with Crippen molar-refractivity contribution in [3.63, 3.8) is 0 Å². The first-order valence-corrected chi connectivity index (χ1v) is 10.1. The number of hydrogen-bond donors (Lipinski definition) is 7. The standard InChI is InChI=1S/C16H27N3O8S/c17-15(25)14(13(24)12(23)8(21)5-20)27-10(22)4-2-1-3-9-11-7(6-28-9)18-16(26)19-11/h7-9,11-14,20-21,23-24H,1-6H2,(H2,17,25)(H2,18,19,26)/t7-,8+,9-,11-,12+,13-,14-/m0/s1. The van der Waals surface area contributed by atoms with Crippen LogP contribution in [0.15, 0.2) is 0 Å². The topological polar surface area (TPSA) is 191 Å². The summed E-state index contributed by atoms with van der Waals surface area (Å²) in [6, 6.07) is 0.0534. The lowest BCUT2D eigenvalue weighted by atomic mass is 10.0. The second-order valence-electron chi connectivity index (χ2n) is 6.91. The molecule has 0 saturated carbocycles. The Morgan fingerprint density at radius 2 is 1.93 bits per heavy atom. The molecule has 7 atom stereocenters. The first kappa shape index (κ1) is 22.7. The van der Waals surface area contributed by atoms with E-state index in [-0.39, 0.29) is 29.8 Å². The van der Waals surface area contributed by atoms with Crippen LogP contribution in [0.5, 0.6) is 0 Å². The van der Waals surface area contributed by atoms with Crippen molar-refractivity contribution in [1.82, 2.24) is 10.6 Å². The number of rotatable bonds is 11. The number of hydrogen-bond acceptors (Lipinski definition) is 9. The number of esters is 1. The van der Waals surface area contributed by atoms with Gasteiger partial charge in [-0.05, 0) is 12.8 Å². The molecule has 2 heterocycles. The number of unbranched alkanes of at least 4 members (excludes halogenated alkanes) is 1. The van der Waals surface area contributed by atoms with Crippen LogP contribution in [0, 0.1) is 0 Å². The van der Waals surface area contributed by atoms with E-state index in [1.807, 2.05) is 0 Å². The molecule has 160 valence electrons. The van der Waals surface area contributed by atoms with E-state index in [1.54, 1.807) is 11.8 Å². The summed E-state index contributed by atoms with van der Waals surface area (Å²) < 4.78 is 4.86. The molecule has 0 unspecified atom stereocenters. The molecule has 8 N–H and O–H groups in total. The van der Waals surface area contributed by atoms with Gasteiger partial charge in [0.2, 0.25) is 6.10 Å². The van der Waals surface area contributed by atoms with Gasteiger partial charge < -0.3 is 41.5 Å². The molecule has 2 fully saturated rings. The van der Waals surface area contributed by atoms with Crippen LogP contribution in [0.2, 0.25) is 0 Å². The largest absolute Gasteiger partial charge is 0.449 e. The number of aliphatic hydroxyl groups is 4. The minimum atomic E-state index is -1.96. The van der Waals surface area contributed by atoms with Crippen molar-refractivity contribution in [3.8, 4) is 0 Å². The highest BCUT2D eigenvalue weighted by Crippen LogP contribution is 2.33. The average molecular weight is 421 g/mol. The van der Waals surface area contributed by atoms with Gasteiger partial charge in [-0.2, -0.15) is 11.8 Å². The molecule has 0 aromatic heterocycles. The Balaban J connectivity index is 1.73. The summed E-state index contributed by atoms with van der Waals surface area (Å²) in [5, 5.41) is 43.7. The summed E-state index contributed by atoms with van der Waals surface area (Å²) in [4.78, 5) is 34.7. The van der Waals surface area contributed by atoms with Gasteiger partial charge in [0.1, 0.15) is 18.3 Å². The predicted octanol–water partition coefficient (Wildman–Crippen LogP) is -2.82. The molecule has 0 bridgehead atoms. The van der Waals surface area contributed by atoms with Crippen molar-refractivity contribution in [2.24, 2.45) is 5.73 Å². The minimum absolute atomic E-state index is 0.0226. The first-order valence-electron chi connectivity index (χ1n) is 9.07. The zero-order valence-corrected chi connectivity index (χ0v) is 16.0. The molecule has 11 nitrogen and oxygen atoms in total. The second-order valence-corrected chi connectivity index (χ2v) is 8.18. The summed E-state index contributed by atoms with van der Waals surface area (Å²) in [7, 11) is 0. The van der Waals surface area contributed by atoms with E-state index in [0.29, 0.717) is 12.8 Å². The summed E-state index contributed by atoms with van der Waals surface area (Å²) in [6.45, 7) is -0.853. The first-order chi connectivity index (χ1) is 13.2. The van der Waals surface area contributed by atoms with Gasteiger partial charge in [-0.1, -0.05) is 6.42 Å². The number of aliphatic hydroxyl groups excluding tert-OH is 4. The second kappa shape index (κ2) is 10.3. The average Bonchev–Trinajstić information content (AvgIpc) is 3.20. The summed E-state index contributed by atoms with van der Waals surface area (Å²) in [5.41, 5.74) is 5.09. The Morgan fingerprint density at radius 1 is 1.21 bits per heavy atom. The van der Waals surface area contributed by atoms with Crippen molar-refractivity contribution >= 4 is 29.7 Å². The fraction of sp³-hybridized carbons (Fsp3) is 0.812. The number of carbonyl (C=O) groups excluding carboxylic acids is 3. The molecule has 0 spiro atoms. The Hall–Kier alpha value is -1.60. The number of urea groups is 1. The lowest BCUT2D eigenvalue weighted by Gasteiger charge is -2.26. The highest BCUT2D eigenvalue weighted by atomic mass is 32.2. The Morgan fingerprint density at radius 3 is 2.57 bits per heavy atom. The van der Waals surface area contributed by atoms with Gasteiger partial charge in [0, 0.05) is 17.4 Å². The van der Waals surface area contributed by atoms with Crippen molar-refractivity contribution in [2.45, 2.75) is 67.4 Å². The van der Waals surface area contributed by atoms with Gasteiger partial charge in [-0.25, -0.2) is 4.79 Å². The van der Waals surface area contributed by atoms with E-state index in [0.717, 1.165) is 12.2 Å². The van der Waals surface area contributed by atoms with Crippen molar-refractivity contribution in [2.75, 3.05) is 12.4 Å². The molecule has 0 radical (unpaired) electrons. The number of fused-ring (bicyclic) bond motifs is 1. The molecule has 28 heavy (non-hydrogen) atoms. The summed E-state index contributed by atoms with van der Waals surface area (Å²) in [6.07, 6.45) is -5.48. The number of amides is 3. The fourth-order valence-corrected chi connectivity index (χ4v) is 4.81. The monoisotopic (exact) mass is 421 g/mol. The van der Waals surface area contributed by atoms with E-state index < -0.39 is 42.9 Å². The van der Waals surface area contributed by atoms with E-state index in [4.69, 9.17) is 15.6 Å². The summed E-state index contributed by atoms with van der Waals surface area (Å²) in [5.74, 6) is -1.11. The van der Waals surface area contributed by atoms with E-state index in [9.17, 15) is 29.7 Å². The fourth-order valence-electron chi connectivity index (χ4n) is 3.27. The third-order valence-electron chi connectivity index (χ3n) is 4.84. The number of thioether (sulfide) groups is 1. The lowest BCUT2D eigenvalue weighted by Crippen LogP contribution is -2.52. The van der Waals surface area contributed by atoms with Crippen molar-refractivity contribution in [1.29, 1.82) is 0 Å². The van der Waals surface area contributed by atoms with E-state index >= 15 is 0 Å². The number of carbonyl (C=O) groups is 3. The molecular formula is C16H27N3O8S. The SMILES string of the molecule is NC(=O)[C@@H](OC(=O)CCCC[C@@H]1SC[C@@H]2NC(=O)N[C@@H]21)[C@@H](O)[C@H](O)[C@H](O)CO. The maximum Gasteiger partial charge on any atom is 0.315 e. The Bertz CT molecular complexity index is 580. The number of ether oxygens (including phenoxy) is 1. The van der Waals surface area contributed by atoms with Gasteiger partial charge in [0.05, 0.1) is 18.7 Å². The molecule has 0 aromatic carbocycles. The maximum absolute atomic E-state index is 11.9. The lowest BCUT2D eigenvalue weighted by molar-refractivity contribution is -0.172. The highest BCUT2D eigenvalue weighted by Gasteiger charge is 2.42. The summed E-state index contributed by atoms with van der Waals surface area (Å²) >= 11 is 1.76. The smallest absolute Gasteiger partial charge is 0.315 e. The van der Waals surface area contributed by atoms with Gasteiger partial charge in [-0.3, -0.25) is 9.59 Å². The molecule has 0 aromatic rings. The Kier molecular flexibility index (Phi) is 8.31. The third-order valence-corrected chi connectivity index (χ3v) is 6.35. The molecule has 12 heteroatoms. The zero-order valence-electron chi connectivity index (χ0n) is 15.2. The van der Waals surface area contributed by atoms with Gasteiger partial charge in [0.15, 0.2) is 0 Å². The van der Waals surface area contributed by atoms with Gasteiger partial charge in [0.25, 0.3) is 5.91 Å². The normalized spacial score (nSPS) is 27.9. The number of primary amides is 1. The quantitative estimate of drug-likeness (QED) is 0.105. The van der Waals surface area contributed by atoms with Crippen LogP contribution >= 0.6 is 11.8 Å². The van der Waals surface area contributed by atoms with Crippen LogP contribution in [-0.4, -0.2) is 92.4 Å². The number of nitrogens with one attached hydrogen (secondary N) is 2. The molecular weight excluding hydrogens is 394 g/mol. The van der Waals surface area contributed by atoms with E-state index in [1.165, 1.54) is 0 Å². The maximum atomic E-state index is 11.9. The molecule has 2 rings (SSSR count). The van der Waals surface area contributed by atoms with Crippen LogP contribution in [0.25, 0.3) is 0 Å². The molecule has 0 aliphatic carbocycles. The van der Waals surface area contributed by atoms with Crippen LogP contribution in [0.3, 0.4) is 0 Å². The van der Waals surface area contributed by atoms with Crippen molar-refractivity contribution in [3.05, 3.63) is 0 Å². The van der Waals surface area contributed by atoms with Gasteiger partial charge in [-0.15, -0.1) is 0 Å². The van der Waals surface area contributed by atoms with Crippen LogP contribution in [0.4, 0.5) is 4.79 Å². The molecule has 2 aliphatic heterocycles. The van der Waals surface area contributed by atoms with Crippen molar-refractivity contribution < 1.29 is 39.5 Å². The van der Waals surface area contributed by atoms with Crippen LogP contribution in [0.1, 0.15) is 25.7 Å². The molecule has 3 amide bonds. The third kappa shape index (κ3) is 5.70. The number of nitrogens with two attached hydrogens (primary N) is 1.